The summed E-state index contributed by atoms with van der Waals surface area (Å²) < 4.78 is 6.38. The van der Waals surface area contributed by atoms with Crippen LogP contribution >= 0.6 is 27.5 Å². The number of benzene rings is 1. The number of nitrogen functional groups attached to an aromatic ring is 1. The average molecular weight is 277 g/mol. The zero-order valence-electron chi connectivity index (χ0n) is 7.76. The molecule has 2 nitrogen and oxygen atoms in total. The molecule has 0 amide bonds. The highest BCUT2D eigenvalue weighted by Gasteiger charge is 2.05. The van der Waals surface area contributed by atoms with Crippen LogP contribution in [0.25, 0.3) is 0 Å². The Balaban J connectivity index is 2.83. The molecule has 0 aliphatic heterocycles. The van der Waals surface area contributed by atoms with E-state index in [1.54, 1.807) is 6.08 Å². The predicted octanol–water partition coefficient (Wildman–Crippen LogP) is 3.47. The van der Waals surface area contributed by atoms with Crippen LogP contribution in [0, 0.1) is 6.92 Å². The van der Waals surface area contributed by atoms with Crippen molar-refractivity contribution in [3.63, 3.8) is 0 Å². The third kappa shape index (κ3) is 2.66. The molecule has 1 aromatic rings. The fraction of sp³-hybridized carbons (Fsp3) is 0.200. The zero-order valence-corrected chi connectivity index (χ0v) is 10.1. The molecule has 0 saturated carbocycles. The van der Waals surface area contributed by atoms with Gasteiger partial charge in [0, 0.05) is 10.0 Å². The number of rotatable bonds is 3. The molecule has 0 spiro atoms. The van der Waals surface area contributed by atoms with Gasteiger partial charge in [-0.1, -0.05) is 27.5 Å². The maximum atomic E-state index is 5.85. The standard InChI is InChI=1S/C10H11BrClNO/c1-7-8(11)3-4-9(10(7)13)14-6-2-5-12/h2-5H,6,13H2,1H3/b5-2+. The topological polar surface area (TPSA) is 35.2 Å². The highest BCUT2D eigenvalue weighted by Crippen LogP contribution is 2.30. The van der Waals surface area contributed by atoms with E-state index in [1.165, 1.54) is 5.54 Å². The van der Waals surface area contributed by atoms with E-state index in [0.717, 1.165) is 10.0 Å². The lowest BCUT2D eigenvalue weighted by Crippen LogP contribution is -1.99. The molecule has 1 aromatic carbocycles. The molecule has 0 atom stereocenters. The Labute approximate surface area is 96.8 Å². The lowest BCUT2D eigenvalue weighted by Gasteiger charge is -2.10. The van der Waals surface area contributed by atoms with Crippen LogP contribution in [-0.2, 0) is 0 Å². The first-order valence-corrected chi connectivity index (χ1v) is 5.32. The van der Waals surface area contributed by atoms with Crippen LogP contribution in [0.15, 0.2) is 28.2 Å². The summed E-state index contributed by atoms with van der Waals surface area (Å²) >= 11 is 8.76. The van der Waals surface area contributed by atoms with Crippen molar-refractivity contribution in [2.24, 2.45) is 0 Å². The van der Waals surface area contributed by atoms with Gasteiger partial charge in [0.15, 0.2) is 0 Å². The van der Waals surface area contributed by atoms with E-state index >= 15 is 0 Å². The summed E-state index contributed by atoms with van der Waals surface area (Å²) in [6.07, 6.45) is 1.71. The number of hydrogen-bond donors (Lipinski definition) is 1. The van der Waals surface area contributed by atoms with Gasteiger partial charge in [-0.2, -0.15) is 0 Å². The minimum absolute atomic E-state index is 0.425. The Morgan fingerprint density at radius 2 is 2.29 bits per heavy atom. The maximum absolute atomic E-state index is 5.85. The van der Waals surface area contributed by atoms with Gasteiger partial charge < -0.3 is 10.5 Å². The summed E-state index contributed by atoms with van der Waals surface area (Å²) in [5.74, 6) is 0.681. The van der Waals surface area contributed by atoms with Gasteiger partial charge >= 0.3 is 0 Å². The van der Waals surface area contributed by atoms with E-state index in [0.29, 0.717) is 18.0 Å². The van der Waals surface area contributed by atoms with Crippen LogP contribution in [0.4, 0.5) is 5.69 Å². The van der Waals surface area contributed by atoms with E-state index in [2.05, 4.69) is 15.9 Å². The minimum atomic E-state index is 0.425. The third-order valence-corrected chi connectivity index (χ3v) is 2.87. The number of ether oxygens (including phenoxy) is 1. The molecular formula is C10H11BrClNO. The van der Waals surface area contributed by atoms with Gasteiger partial charge in [-0.25, -0.2) is 0 Å². The van der Waals surface area contributed by atoms with Crippen LogP contribution in [0.5, 0.6) is 5.75 Å². The Hall–Kier alpha value is -0.670. The van der Waals surface area contributed by atoms with Crippen molar-refractivity contribution >= 4 is 33.2 Å². The van der Waals surface area contributed by atoms with Gasteiger partial charge in [-0.3, -0.25) is 0 Å². The zero-order chi connectivity index (χ0) is 10.6. The number of halogens is 2. The fourth-order valence-corrected chi connectivity index (χ4v) is 1.40. The Morgan fingerprint density at radius 3 is 2.93 bits per heavy atom. The van der Waals surface area contributed by atoms with Crippen LogP contribution in [-0.4, -0.2) is 6.61 Å². The molecule has 2 N–H and O–H groups in total. The second-order valence-electron chi connectivity index (χ2n) is 2.76. The Bertz CT molecular complexity index is 352. The van der Waals surface area contributed by atoms with E-state index < -0.39 is 0 Å². The highest BCUT2D eigenvalue weighted by molar-refractivity contribution is 9.10. The monoisotopic (exact) mass is 275 g/mol. The minimum Gasteiger partial charge on any atom is -0.487 e. The molecule has 1 rings (SSSR count). The van der Waals surface area contributed by atoms with Crippen molar-refractivity contribution in [2.45, 2.75) is 6.92 Å². The van der Waals surface area contributed by atoms with Crippen molar-refractivity contribution in [1.29, 1.82) is 0 Å². The molecule has 0 radical (unpaired) electrons. The Morgan fingerprint density at radius 1 is 1.57 bits per heavy atom. The molecular weight excluding hydrogens is 265 g/mol. The molecule has 0 bridgehead atoms. The molecule has 76 valence electrons. The molecule has 0 aromatic heterocycles. The highest BCUT2D eigenvalue weighted by atomic mass is 79.9. The van der Waals surface area contributed by atoms with Gasteiger partial charge in [0.1, 0.15) is 12.4 Å². The quantitative estimate of drug-likeness (QED) is 0.858. The summed E-state index contributed by atoms with van der Waals surface area (Å²) in [5, 5.41) is 0. The van der Waals surface area contributed by atoms with E-state index in [9.17, 15) is 0 Å². The summed E-state index contributed by atoms with van der Waals surface area (Å²) in [6, 6.07) is 3.74. The first-order chi connectivity index (χ1) is 6.66. The molecule has 0 unspecified atom stereocenters. The smallest absolute Gasteiger partial charge is 0.143 e. The van der Waals surface area contributed by atoms with Crippen LogP contribution in [0.2, 0.25) is 0 Å². The molecule has 0 saturated heterocycles. The van der Waals surface area contributed by atoms with Crippen molar-refractivity contribution in [2.75, 3.05) is 12.3 Å². The van der Waals surface area contributed by atoms with Crippen LogP contribution < -0.4 is 10.5 Å². The fourth-order valence-electron chi connectivity index (χ4n) is 0.977. The first kappa shape index (κ1) is 11.4. The largest absolute Gasteiger partial charge is 0.487 e. The predicted molar refractivity (Wildman–Crippen MR) is 63.8 cm³/mol. The second-order valence-corrected chi connectivity index (χ2v) is 3.86. The van der Waals surface area contributed by atoms with Crippen molar-refractivity contribution in [3.8, 4) is 5.75 Å². The van der Waals surface area contributed by atoms with Gasteiger partial charge in [0.05, 0.1) is 5.69 Å². The summed E-state index contributed by atoms with van der Waals surface area (Å²) in [6.45, 7) is 2.36. The normalized spacial score (nSPS) is 10.8. The summed E-state index contributed by atoms with van der Waals surface area (Å²) in [4.78, 5) is 0. The SMILES string of the molecule is Cc1c(Br)ccc(OC/C=C/Cl)c1N. The van der Waals surface area contributed by atoms with Gasteiger partial charge in [0.2, 0.25) is 0 Å². The summed E-state index contributed by atoms with van der Waals surface area (Å²) in [7, 11) is 0. The van der Waals surface area contributed by atoms with Crippen LogP contribution in [0.3, 0.4) is 0 Å². The third-order valence-electron chi connectivity index (χ3n) is 1.83. The second kappa shape index (κ2) is 5.27. The molecule has 0 fully saturated rings. The van der Waals surface area contributed by atoms with Gasteiger partial charge in [-0.15, -0.1) is 0 Å². The van der Waals surface area contributed by atoms with Crippen molar-refractivity contribution in [3.05, 3.63) is 33.8 Å². The van der Waals surface area contributed by atoms with Gasteiger partial charge in [-0.05, 0) is 30.7 Å². The van der Waals surface area contributed by atoms with Crippen molar-refractivity contribution < 1.29 is 4.74 Å². The molecule has 0 heterocycles. The molecule has 0 aliphatic carbocycles. The van der Waals surface area contributed by atoms with E-state index in [4.69, 9.17) is 22.1 Å². The maximum Gasteiger partial charge on any atom is 0.143 e. The van der Waals surface area contributed by atoms with E-state index in [-0.39, 0.29) is 0 Å². The average Bonchev–Trinajstić information content (AvgIpc) is 2.18. The van der Waals surface area contributed by atoms with Gasteiger partial charge in [0.25, 0.3) is 0 Å². The van der Waals surface area contributed by atoms with Crippen molar-refractivity contribution in [1.82, 2.24) is 0 Å². The Kier molecular flexibility index (Phi) is 4.29. The number of anilines is 1. The van der Waals surface area contributed by atoms with Crippen LogP contribution in [0.1, 0.15) is 5.56 Å². The summed E-state index contributed by atoms with van der Waals surface area (Å²) in [5.41, 5.74) is 8.91. The molecule has 0 aliphatic rings. The molecule has 14 heavy (non-hydrogen) atoms. The molecule has 4 heteroatoms. The number of nitrogens with two attached hydrogens (primary N) is 1. The number of hydrogen-bond acceptors (Lipinski definition) is 2. The van der Waals surface area contributed by atoms with E-state index in [1.807, 2.05) is 19.1 Å². The first-order valence-electron chi connectivity index (χ1n) is 4.09. The lowest BCUT2D eigenvalue weighted by molar-refractivity contribution is 0.365. The lowest BCUT2D eigenvalue weighted by atomic mass is 10.2.